The average molecular weight is 372 g/mol. The molecule has 1 aromatic rings. The van der Waals surface area contributed by atoms with Crippen LogP contribution in [0, 0.1) is 15.0 Å². The van der Waals surface area contributed by atoms with E-state index in [1.807, 2.05) is 22.6 Å². The number of benzene rings is 1. The van der Waals surface area contributed by atoms with E-state index < -0.39 is 10.9 Å². The van der Waals surface area contributed by atoms with Gasteiger partial charge in [-0.3, -0.25) is 10.1 Å². The molecule has 5 nitrogen and oxygen atoms in total. The molecular weight excluding hydrogens is 366 g/mol. The van der Waals surface area contributed by atoms with Crippen molar-refractivity contribution in [2.45, 2.75) is 0 Å². The second kappa shape index (κ2) is 8.73. The Morgan fingerprint density at radius 3 is 1.93 bits per heavy atom. The predicted molar refractivity (Wildman–Crippen MR) is 56.8 cm³/mol. The number of carbonyl (C=O) groups excluding carboxylic acids is 1. The second-order valence-corrected chi connectivity index (χ2v) is 2.09. The van der Waals surface area contributed by atoms with E-state index in [0.29, 0.717) is 0 Å². The zero-order chi connectivity index (χ0) is 11.1. The number of carboxylic acids is 1. The first-order valence-corrected chi connectivity index (χ1v) is 4.86. The van der Waals surface area contributed by atoms with Crippen LogP contribution in [0.2, 0.25) is 0 Å². The molecule has 0 N–H and O–H groups in total. The molecule has 77 valence electrons. The van der Waals surface area contributed by atoms with Crippen LogP contribution in [0.15, 0.2) is 24.3 Å². The molecule has 0 aliphatic heterocycles. The van der Waals surface area contributed by atoms with Crippen LogP contribution < -0.4 is 5.11 Å². The minimum absolute atomic E-state index is 0. The summed E-state index contributed by atoms with van der Waals surface area (Å²) in [6.07, 6.45) is 0. The third kappa shape index (κ3) is 5.79. The molecule has 0 bridgehead atoms. The van der Waals surface area contributed by atoms with Gasteiger partial charge in [0.1, 0.15) is 0 Å². The van der Waals surface area contributed by atoms with Gasteiger partial charge in [-0.25, -0.2) is 0 Å². The molecule has 1 aromatic carbocycles. The van der Waals surface area contributed by atoms with Crippen LogP contribution in [0.3, 0.4) is 0 Å². The summed E-state index contributed by atoms with van der Waals surface area (Å²) in [5.74, 6) is -1.34. The minimum Gasteiger partial charge on any atom is -0.545 e. The van der Waals surface area contributed by atoms with Crippen LogP contribution in [0.25, 0.3) is 0 Å². The van der Waals surface area contributed by atoms with Crippen molar-refractivity contribution in [1.29, 1.82) is 0 Å². The SMILES string of the molecule is O=C([O-])c1ccc([N+](=O)[O-])cc1.[CH2]I.[Zn]. The normalized spacial score (nSPS) is 7.87. The Hall–Kier alpha value is -0.557. The number of nitro groups is 1. The van der Waals surface area contributed by atoms with Crippen molar-refractivity contribution in [3.05, 3.63) is 44.9 Å². The van der Waals surface area contributed by atoms with E-state index in [1.165, 1.54) is 0 Å². The fraction of sp³-hybridized carbons (Fsp3) is 0. The Balaban J connectivity index is 0. The topological polar surface area (TPSA) is 83.3 Å². The van der Waals surface area contributed by atoms with Crippen molar-refractivity contribution >= 4 is 34.2 Å². The molecule has 1 radical (unpaired) electrons. The molecule has 0 saturated heterocycles. The first-order chi connectivity index (χ1) is 6.61. The Morgan fingerprint density at radius 1 is 1.27 bits per heavy atom. The second-order valence-electron chi connectivity index (χ2n) is 2.09. The Bertz CT molecular complexity index is 295. The van der Waals surface area contributed by atoms with Crippen molar-refractivity contribution in [3.63, 3.8) is 0 Å². The van der Waals surface area contributed by atoms with Crippen LogP contribution >= 0.6 is 22.6 Å². The number of carbonyl (C=O) groups is 1. The maximum atomic E-state index is 10.2. The first kappa shape index (κ1) is 16.9. The van der Waals surface area contributed by atoms with Crippen LogP contribution in [-0.2, 0) is 19.5 Å². The number of aromatic carboxylic acids is 1. The standard InChI is InChI=1S/C7H5NO4.CH2I.Zn/c9-7(10)5-1-3-6(4-2-5)8(11)12;1-2;/h1-4H,(H,9,10);1H2;/p-1. The minimum atomic E-state index is -1.34. The fourth-order valence-corrected chi connectivity index (χ4v) is 0.719. The van der Waals surface area contributed by atoms with E-state index >= 15 is 0 Å². The van der Waals surface area contributed by atoms with E-state index in [0.717, 1.165) is 24.3 Å². The van der Waals surface area contributed by atoms with Gasteiger partial charge >= 0.3 is 0 Å². The van der Waals surface area contributed by atoms with Gasteiger partial charge in [-0.15, -0.1) is 0 Å². The summed E-state index contributed by atoms with van der Waals surface area (Å²) in [6, 6.07) is 4.50. The number of carboxylic acid groups (broad SMARTS) is 1. The van der Waals surface area contributed by atoms with E-state index in [4.69, 9.17) is 0 Å². The molecule has 0 aromatic heterocycles. The maximum absolute atomic E-state index is 10.2. The molecule has 0 spiro atoms. The smallest absolute Gasteiger partial charge is 0.269 e. The van der Waals surface area contributed by atoms with E-state index in [9.17, 15) is 20.0 Å². The monoisotopic (exact) mass is 371 g/mol. The van der Waals surface area contributed by atoms with Gasteiger partial charge in [-0.2, -0.15) is 0 Å². The first-order valence-electron chi connectivity index (χ1n) is 3.34. The van der Waals surface area contributed by atoms with Gasteiger partial charge in [0.2, 0.25) is 0 Å². The van der Waals surface area contributed by atoms with Crippen molar-refractivity contribution in [2.24, 2.45) is 0 Å². The summed E-state index contributed by atoms with van der Waals surface area (Å²) in [7, 11) is 0. The zero-order valence-corrected chi connectivity index (χ0v) is 12.8. The molecule has 0 saturated carbocycles. The van der Waals surface area contributed by atoms with Gasteiger partial charge in [0.25, 0.3) is 5.69 Å². The average Bonchev–Trinajstić information content (AvgIpc) is 2.21. The van der Waals surface area contributed by atoms with E-state index in [1.54, 1.807) is 0 Å². The van der Waals surface area contributed by atoms with Crippen molar-refractivity contribution < 1.29 is 34.3 Å². The van der Waals surface area contributed by atoms with Crippen LogP contribution in [-0.4, -0.2) is 10.9 Å². The summed E-state index contributed by atoms with van der Waals surface area (Å²) in [4.78, 5) is 22.9. The largest absolute Gasteiger partial charge is 0.545 e. The predicted octanol–water partition coefficient (Wildman–Crippen LogP) is 1.17. The van der Waals surface area contributed by atoms with Gasteiger partial charge < -0.3 is 9.90 Å². The third-order valence-corrected chi connectivity index (χ3v) is 1.31. The van der Waals surface area contributed by atoms with Crippen molar-refractivity contribution in [1.82, 2.24) is 0 Å². The summed E-state index contributed by atoms with van der Waals surface area (Å²) in [5, 5.41) is 20.3. The number of non-ortho nitro benzene ring substituents is 1. The van der Waals surface area contributed by atoms with Crippen LogP contribution in [0.4, 0.5) is 5.69 Å². The maximum Gasteiger partial charge on any atom is 0.269 e. The molecule has 0 heterocycles. The van der Waals surface area contributed by atoms with Gasteiger partial charge in [0.05, 0.1) is 10.9 Å². The quantitative estimate of drug-likeness (QED) is 0.338. The third-order valence-electron chi connectivity index (χ3n) is 1.31. The molecular formula is C8H6INO4Zn-. The summed E-state index contributed by atoms with van der Waals surface area (Å²) < 4.78 is 0. The number of nitro benzene ring substituents is 1. The zero-order valence-electron chi connectivity index (χ0n) is 7.68. The molecule has 1 rings (SSSR count). The van der Waals surface area contributed by atoms with Crippen molar-refractivity contribution in [3.8, 4) is 0 Å². The molecule has 0 atom stereocenters. The summed E-state index contributed by atoms with van der Waals surface area (Å²) >= 11 is 1.90. The number of rotatable bonds is 2. The van der Waals surface area contributed by atoms with E-state index in [2.05, 4.69) is 4.93 Å². The molecule has 15 heavy (non-hydrogen) atoms. The van der Waals surface area contributed by atoms with Gasteiger partial charge in [0, 0.05) is 36.5 Å². The molecule has 0 aliphatic carbocycles. The van der Waals surface area contributed by atoms with Crippen LogP contribution in [0.1, 0.15) is 10.4 Å². The van der Waals surface area contributed by atoms with E-state index in [-0.39, 0.29) is 30.7 Å². The molecule has 0 unspecified atom stereocenters. The summed E-state index contributed by atoms with van der Waals surface area (Å²) in [5.41, 5.74) is -0.208. The molecule has 7 heteroatoms. The van der Waals surface area contributed by atoms with Crippen LogP contribution in [0.5, 0.6) is 0 Å². The number of nitrogens with zero attached hydrogens (tertiary/aromatic N) is 1. The molecule has 0 fully saturated rings. The summed E-state index contributed by atoms with van der Waals surface area (Å²) in [6.45, 7) is 0. The fourth-order valence-electron chi connectivity index (χ4n) is 0.719. The Labute approximate surface area is 113 Å². The molecule has 0 amide bonds. The van der Waals surface area contributed by atoms with Gasteiger partial charge in [0.15, 0.2) is 0 Å². The Kier molecular flexibility index (Phi) is 9.81. The van der Waals surface area contributed by atoms with Crippen molar-refractivity contribution in [2.75, 3.05) is 0 Å². The van der Waals surface area contributed by atoms with Gasteiger partial charge in [-0.05, 0) is 17.7 Å². The number of hydrogen-bond acceptors (Lipinski definition) is 4. The number of hydrogen-bond donors (Lipinski definition) is 0. The van der Waals surface area contributed by atoms with Gasteiger partial charge in [-0.1, -0.05) is 22.6 Å². The Morgan fingerprint density at radius 2 is 1.67 bits per heavy atom. The molecule has 0 aliphatic rings. The number of halogens is 1.